The highest BCUT2D eigenvalue weighted by Crippen LogP contribution is 2.05. The Labute approximate surface area is 154 Å². The predicted molar refractivity (Wildman–Crippen MR) is 105 cm³/mol. The quantitative estimate of drug-likeness (QED) is 0.390. The highest BCUT2D eigenvalue weighted by molar-refractivity contribution is 5.79. The number of hydrogen-bond acceptors (Lipinski definition) is 3. The second-order valence-electron chi connectivity index (χ2n) is 6.32. The van der Waals surface area contributed by atoms with Gasteiger partial charge in [0.25, 0.3) is 0 Å². The Kier molecular flexibility index (Phi) is 6.19. The minimum Gasteiger partial charge on any atom is -0.356 e. The molecule has 0 saturated carbocycles. The fraction of sp³-hybridized carbons (Fsp3) is 0.350. The summed E-state index contributed by atoms with van der Waals surface area (Å²) in [6, 6.07) is 12.4. The molecule has 0 aliphatic heterocycles. The Bertz CT molecular complexity index is 850. The van der Waals surface area contributed by atoms with Gasteiger partial charge in [-0.05, 0) is 25.0 Å². The molecule has 2 N–H and O–H groups in total. The van der Waals surface area contributed by atoms with E-state index in [9.17, 15) is 0 Å². The van der Waals surface area contributed by atoms with Crippen molar-refractivity contribution in [3.8, 4) is 0 Å². The molecule has 0 aliphatic rings. The molecule has 2 aromatic heterocycles. The van der Waals surface area contributed by atoms with E-state index in [1.807, 2.05) is 22.8 Å². The van der Waals surface area contributed by atoms with Gasteiger partial charge in [0.05, 0.1) is 25.0 Å². The van der Waals surface area contributed by atoms with E-state index in [4.69, 9.17) is 4.99 Å². The number of guanidine groups is 1. The molecule has 6 nitrogen and oxygen atoms in total. The molecule has 0 atom stereocenters. The van der Waals surface area contributed by atoms with Crippen LogP contribution in [0.3, 0.4) is 0 Å². The van der Waals surface area contributed by atoms with Gasteiger partial charge in [0.2, 0.25) is 0 Å². The van der Waals surface area contributed by atoms with Crippen LogP contribution in [-0.2, 0) is 13.1 Å². The molecular weight excluding hydrogens is 324 g/mol. The summed E-state index contributed by atoms with van der Waals surface area (Å²) in [5.41, 5.74) is 4.35. The zero-order valence-electron chi connectivity index (χ0n) is 15.4. The van der Waals surface area contributed by atoms with Crippen molar-refractivity contribution in [2.45, 2.75) is 39.8 Å². The van der Waals surface area contributed by atoms with Crippen LogP contribution in [0.25, 0.3) is 5.65 Å². The lowest BCUT2D eigenvalue weighted by atomic mass is 10.1. The summed E-state index contributed by atoms with van der Waals surface area (Å²) in [4.78, 5) is 9.03. The highest BCUT2D eigenvalue weighted by atomic mass is 15.3. The largest absolute Gasteiger partial charge is 0.356 e. The van der Waals surface area contributed by atoms with Gasteiger partial charge in [-0.2, -0.15) is 5.10 Å². The van der Waals surface area contributed by atoms with Crippen LogP contribution in [0.2, 0.25) is 0 Å². The number of aryl methyl sites for hydroxylation is 1. The number of rotatable bonds is 7. The molecule has 0 saturated heterocycles. The molecule has 0 aliphatic carbocycles. The van der Waals surface area contributed by atoms with Crippen molar-refractivity contribution in [1.82, 2.24) is 25.2 Å². The molecule has 3 aromatic rings. The molecule has 3 rings (SSSR count). The van der Waals surface area contributed by atoms with E-state index in [0.29, 0.717) is 13.1 Å². The monoisotopic (exact) mass is 350 g/mol. The first-order valence-corrected chi connectivity index (χ1v) is 9.11. The summed E-state index contributed by atoms with van der Waals surface area (Å²) >= 11 is 0. The van der Waals surface area contributed by atoms with Gasteiger partial charge >= 0.3 is 0 Å². The molecule has 1 aromatic carbocycles. The minimum absolute atomic E-state index is 0.632. The van der Waals surface area contributed by atoms with Gasteiger partial charge < -0.3 is 10.6 Å². The van der Waals surface area contributed by atoms with E-state index < -0.39 is 0 Å². The van der Waals surface area contributed by atoms with Crippen molar-refractivity contribution in [3.63, 3.8) is 0 Å². The smallest absolute Gasteiger partial charge is 0.191 e. The van der Waals surface area contributed by atoms with Crippen molar-refractivity contribution < 1.29 is 0 Å². The van der Waals surface area contributed by atoms with Crippen molar-refractivity contribution in [2.24, 2.45) is 4.99 Å². The Balaban J connectivity index is 1.67. The third-order valence-electron chi connectivity index (χ3n) is 4.17. The molecule has 0 radical (unpaired) electrons. The van der Waals surface area contributed by atoms with Gasteiger partial charge in [0.1, 0.15) is 0 Å². The SMILES string of the molecule is CCCCNC(=NCc1ccc(C)cc1)NCc1ccnc2ccnn12. The molecule has 136 valence electrons. The number of aromatic nitrogens is 3. The average Bonchev–Trinajstić information content (AvgIpc) is 3.14. The van der Waals surface area contributed by atoms with E-state index in [0.717, 1.165) is 36.7 Å². The third-order valence-corrected chi connectivity index (χ3v) is 4.17. The lowest BCUT2D eigenvalue weighted by molar-refractivity contribution is 0.712. The maximum Gasteiger partial charge on any atom is 0.191 e. The van der Waals surface area contributed by atoms with E-state index in [-0.39, 0.29) is 0 Å². The lowest BCUT2D eigenvalue weighted by Gasteiger charge is -2.13. The number of nitrogens with one attached hydrogen (secondary N) is 2. The molecule has 6 heteroatoms. The Morgan fingerprint density at radius 3 is 2.73 bits per heavy atom. The van der Waals surface area contributed by atoms with E-state index >= 15 is 0 Å². The van der Waals surface area contributed by atoms with Gasteiger partial charge in [-0.15, -0.1) is 0 Å². The van der Waals surface area contributed by atoms with Crippen LogP contribution in [0.5, 0.6) is 0 Å². The van der Waals surface area contributed by atoms with Crippen molar-refractivity contribution in [2.75, 3.05) is 6.54 Å². The number of aliphatic imine (C=N–C) groups is 1. The fourth-order valence-corrected chi connectivity index (χ4v) is 2.62. The third kappa shape index (κ3) is 4.81. The first-order valence-electron chi connectivity index (χ1n) is 9.11. The Morgan fingerprint density at radius 2 is 1.92 bits per heavy atom. The molecule has 2 heterocycles. The van der Waals surface area contributed by atoms with Crippen LogP contribution in [0, 0.1) is 6.92 Å². The fourth-order valence-electron chi connectivity index (χ4n) is 2.62. The Hall–Kier alpha value is -2.89. The molecule has 0 bridgehead atoms. The standard InChI is InChI=1S/C20H26N6/c1-3-4-11-22-20(23-14-17-7-5-16(2)6-8-17)24-15-18-9-12-21-19-10-13-25-26(18)19/h5-10,12-13H,3-4,11,14-15H2,1-2H3,(H2,22,23,24). The maximum absolute atomic E-state index is 4.73. The van der Waals surface area contributed by atoms with Crippen LogP contribution in [0.15, 0.2) is 53.8 Å². The normalized spacial score (nSPS) is 11.7. The van der Waals surface area contributed by atoms with Gasteiger partial charge in [-0.25, -0.2) is 14.5 Å². The van der Waals surface area contributed by atoms with Gasteiger partial charge in [-0.1, -0.05) is 43.2 Å². The summed E-state index contributed by atoms with van der Waals surface area (Å²) in [6.45, 7) is 6.46. The average molecular weight is 350 g/mol. The number of unbranched alkanes of at least 4 members (excludes halogenated alkanes) is 1. The van der Waals surface area contributed by atoms with Crippen LogP contribution in [-0.4, -0.2) is 27.1 Å². The molecule has 0 spiro atoms. The van der Waals surface area contributed by atoms with Gasteiger partial charge in [-0.3, -0.25) is 0 Å². The molecule has 26 heavy (non-hydrogen) atoms. The first kappa shape index (κ1) is 17.9. The van der Waals surface area contributed by atoms with Crippen molar-refractivity contribution >= 4 is 11.6 Å². The topological polar surface area (TPSA) is 66.6 Å². The van der Waals surface area contributed by atoms with E-state index in [1.54, 1.807) is 6.20 Å². The summed E-state index contributed by atoms with van der Waals surface area (Å²) < 4.78 is 1.84. The first-order chi connectivity index (χ1) is 12.8. The zero-order chi connectivity index (χ0) is 18.2. The van der Waals surface area contributed by atoms with E-state index in [1.165, 1.54) is 11.1 Å². The minimum atomic E-state index is 0.632. The molecule has 0 amide bonds. The molecule has 0 unspecified atom stereocenters. The van der Waals surface area contributed by atoms with Gasteiger partial charge in [0, 0.05) is 18.8 Å². The van der Waals surface area contributed by atoms with Crippen LogP contribution >= 0.6 is 0 Å². The maximum atomic E-state index is 4.73. The number of hydrogen-bond donors (Lipinski definition) is 2. The van der Waals surface area contributed by atoms with Crippen LogP contribution in [0.1, 0.15) is 36.6 Å². The lowest BCUT2D eigenvalue weighted by Crippen LogP contribution is -2.38. The molecular formula is C20H26N6. The summed E-state index contributed by atoms with van der Waals surface area (Å²) in [6.07, 6.45) is 5.83. The second kappa shape index (κ2) is 8.99. The molecule has 0 fully saturated rings. The summed E-state index contributed by atoms with van der Waals surface area (Å²) in [5.74, 6) is 0.816. The second-order valence-corrected chi connectivity index (χ2v) is 6.32. The van der Waals surface area contributed by atoms with E-state index in [2.05, 4.69) is 58.8 Å². The van der Waals surface area contributed by atoms with Crippen molar-refractivity contribution in [1.29, 1.82) is 0 Å². The Morgan fingerprint density at radius 1 is 1.08 bits per heavy atom. The number of nitrogens with zero attached hydrogens (tertiary/aromatic N) is 4. The highest BCUT2D eigenvalue weighted by Gasteiger charge is 2.04. The van der Waals surface area contributed by atoms with Crippen molar-refractivity contribution in [3.05, 3.63) is 65.6 Å². The zero-order valence-corrected chi connectivity index (χ0v) is 15.4. The summed E-state index contributed by atoms with van der Waals surface area (Å²) in [5, 5.41) is 11.1. The van der Waals surface area contributed by atoms with Gasteiger partial charge in [0.15, 0.2) is 11.6 Å². The number of benzene rings is 1. The van der Waals surface area contributed by atoms with Crippen LogP contribution in [0.4, 0.5) is 0 Å². The summed E-state index contributed by atoms with van der Waals surface area (Å²) in [7, 11) is 0. The van der Waals surface area contributed by atoms with Crippen LogP contribution < -0.4 is 10.6 Å². The predicted octanol–water partition coefficient (Wildman–Crippen LogP) is 3.07. The number of fused-ring (bicyclic) bond motifs is 1.